The summed E-state index contributed by atoms with van der Waals surface area (Å²) in [4.78, 5) is 0. The van der Waals surface area contributed by atoms with Crippen molar-refractivity contribution in [2.75, 3.05) is 0 Å². The fourth-order valence-corrected chi connectivity index (χ4v) is 2.85. The Morgan fingerprint density at radius 3 is 2.45 bits per heavy atom. The molecule has 3 aromatic rings. The van der Waals surface area contributed by atoms with Crippen LogP contribution in [0.15, 0.2) is 46.9 Å². The molecule has 0 radical (unpaired) electrons. The first-order chi connectivity index (χ1) is 9.56. The summed E-state index contributed by atoms with van der Waals surface area (Å²) in [5.74, 6) is 0.609. The highest BCUT2D eigenvalue weighted by Gasteiger charge is 2.18. The van der Waals surface area contributed by atoms with Crippen LogP contribution < -0.4 is 5.73 Å². The molecule has 0 amide bonds. The highest BCUT2D eigenvalue weighted by molar-refractivity contribution is 6.35. The van der Waals surface area contributed by atoms with Gasteiger partial charge in [0.1, 0.15) is 5.76 Å². The van der Waals surface area contributed by atoms with Crippen molar-refractivity contribution in [3.63, 3.8) is 0 Å². The molecular formula is C15H10Cl3NO. The van der Waals surface area contributed by atoms with Crippen molar-refractivity contribution < 1.29 is 4.42 Å². The minimum Gasteiger partial charge on any atom is -0.457 e. The molecule has 2 nitrogen and oxygen atoms in total. The average Bonchev–Trinajstić information content (AvgIpc) is 2.83. The molecule has 0 aliphatic carbocycles. The summed E-state index contributed by atoms with van der Waals surface area (Å²) in [5, 5.41) is 2.55. The third kappa shape index (κ3) is 2.40. The van der Waals surface area contributed by atoms with Crippen LogP contribution in [0, 0.1) is 0 Å². The van der Waals surface area contributed by atoms with Crippen LogP contribution in [-0.4, -0.2) is 0 Å². The smallest absolute Gasteiger partial charge is 0.152 e. The molecule has 1 unspecified atom stereocenters. The van der Waals surface area contributed by atoms with E-state index in [0.717, 1.165) is 10.9 Å². The van der Waals surface area contributed by atoms with Crippen LogP contribution in [0.25, 0.3) is 11.0 Å². The maximum atomic E-state index is 6.22. The fourth-order valence-electron chi connectivity index (χ4n) is 2.11. The Morgan fingerprint density at radius 1 is 0.950 bits per heavy atom. The number of nitrogens with two attached hydrogens (primary N) is 1. The predicted octanol–water partition coefficient (Wildman–Crippen LogP) is 5.44. The molecule has 2 aromatic carbocycles. The highest BCUT2D eigenvalue weighted by atomic mass is 35.5. The molecule has 0 fully saturated rings. The minimum atomic E-state index is -0.469. The van der Waals surface area contributed by atoms with Crippen LogP contribution in [0.1, 0.15) is 17.4 Å². The molecule has 0 saturated carbocycles. The largest absolute Gasteiger partial charge is 0.457 e. The van der Waals surface area contributed by atoms with Gasteiger partial charge in [-0.25, -0.2) is 0 Å². The SMILES string of the molecule is NC(c1cc2cccc(Cl)c2o1)c1ccc(Cl)cc1Cl. The first-order valence-corrected chi connectivity index (χ1v) is 7.08. The van der Waals surface area contributed by atoms with Crippen LogP contribution in [0.3, 0.4) is 0 Å². The topological polar surface area (TPSA) is 39.2 Å². The second-order valence-electron chi connectivity index (χ2n) is 4.45. The summed E-state index contributed by atoms with van der Waals surface area (Å²) in [7, 11) is 0. The van der Waals surface area contributed by atoms with Gasteiger partial charge in [-0.3, -0.25) is 0 Å². The molecule has 0 aliphatic heterocycles. The van der Waals surface area contributed by atoms with Crippen molar-refractivity contribution >= 4 is 45.8 Å². The van der Waals surface area contributed by atoms with E-state index >= 15 is 0 Å². The minimum absolute atomic E-state index is 0.469. The third-order valence-corrected chi connectivity index (χ3v) is 3.98. The maximum absolute atomic E-state index is 6.22. The van der Waals surface area contributed by atoms with Gasteiger partial charge in [-0.05, 0) is 29.8 Å². The monoisotopic (exact) mass is 325 g/mol. The molecule has 0 aliphatic rings. The van der Waals surface area contributed by atoms with Crippen molar-refractivity contribution in [1.29, 1.82) is 0 Å². The van der Waals surface area contributed by atoms with E-state index in [0.29, 0.717) is 26.4 Å². The average molecular weight is 327 g/mol. The number of benzene rings is 2. The van der Waals surface area contributed by atoms with E-state index in [-0.39, 0.29) is 0 Å². The maximum Gasteiger partial charge on any atom is 0.152 e. The molecule has 1 atom stereocenters. The van der Waals surface area contributed by atoms with Crippen LogP contribution in [0.4, 0.5) is 0 Å². The molecule has 3 rings (SSSR count). The van der Waals surface area contributed by atoms with Crippen molar-refractivity contribution in [1.82, 2.24) is 0 Å². The van der Waals surface area contributed by atoms with Gasteiger partial charge < -0.3 is 10.2 Å². The van der Waals surface area contributed by atoms with Crippen LogP contribution in [0.2, 0.25) is 15.1 Å². The Morgan fingerprint density at radius 2 is 1.75 bits per heavy atom. The molecule has 1 heterocycles. The quantitative estimate of drug-likeness (QED) is 0.681. The van der Waals surface area contributed by atoms with Gasteiger partial charge in [-0.1, -0.05) is 53.0 Å². The molecule has 102 valence electrons. The van der Waals surface area contributed by atoms with E-state index in [4.69, 9.17) is 45.0 Å². The van der Waals surface area contributed by atoms with E-state index in [2.05, 4.69) is 0 Å². The van der Waals surface area contributed by atoms with Gasteiger partial charge in [0.05, 0.1) is 11.1 Å². The molecule has 0 bridgehead atoms. The number of hydrogen-bond acceptors (Lipinski definition) is 2. The van der Waals surface area contributed by atoms with Crippen molar-refractivity contribution in [2.24, 2.45) is 5.73 Å². The van der Waals surface area contributed by atoms with Crippen molar-refractivity contribution in [2.45, 2.75) is 6.04 Å². The lowest BCUT2D eigenvalue weighted by Crippen LogP contribution is -2.11. The van der Waals surface area contributed by atoms with Crippen LogP contribution in [0.5, 0.6) is 0 Å². The summed E-state index contributed by atoms with van der Waals surface area (Å²) < 4.78 is 5.75. The molecular weight excluding hydrogens is 317 g/mol. The zero-order valence-electron chi connectivity index (χ0n) is 10.2. The van der Waals surface area contributed by atoms with E-state index in [1.807, 2.05) is 18.2 Å². The standard InChI is InChI=1S/C15H10Cl3NO/c16-9-4-5-10(12(18)7-9)14(19)13-6-8-2-1-3-11(17)15(8)20-13/h1-7,14H,19H2. The van der Waals surface area contributed by atoms with Gasteiger partial charge >= 0.3 is 0 Å². The lowest BCUT2D eigenvalue weighted by atomic mass is 10.1. The van der Waals surface area contributed by atoms with Crippen molar-refractivity contribution in [3.8, 4) is 0 Å². The lowest BCUT2D eigenvalue weighted by molar-refractivity contribution is 0.525. The van der Waals surface area contributed by atoms with E-state index in [1.165, 1.54) is 0 Å². The number of halogens is 3. The summed E-state index contributed by atoms with van der Waals surface area (Å²) in [6.45, 7) is 0. The normalized spacial score (nSPS) is 12.8. The van der Waals surface area contributed by atoms with E-state index in [9.17, 15) is 0 Å². The molecule has 0 saturated heterocycles. The summed E-state index contributed by atoms with van der Waals surface area (Å²) >= 11 is 18.2. The lowest BCUT2D eigenvalue weighted by Gasteiger charge is -2.11. The summed E-state index contributed by atoms with van der Waals surface area (Å²) in [5.41, 5.74) is 7.60. The summed E-state index contributed by atoms with van der Waals surface area (Å²) in [6, 6.07) is 12.2. The number of fused-ring (bicyclic) bond motifs is 1. The Bertz CT molecular complexity index is 782. The Hall–Kier alpha value is -1.19. The number of furan rings is 1. The van der Waals surface area contributed by atoms with Crippen LogP contribution in [-0.2, 0) is 0 Å². The van der Waals surface area contributed by atoms with Gasteiger partial charge in [0, 0.05) is 15.4 Å². The van der Waals surface area contributed by atoms with Gasteiger partial charge in [-0.15, -0.1) is 0 Å². The van der Waals surface area contributed by atoms with Crippen molar-refractivity contribution in [3.05, 3.63) is 68.9 Å². The third-order valence-electron chi connectivity index (χ3n) is 3.12. The summed E-state index contributed by atoms with van der Waals surface area (Å²) in [6.07, 6.45) is 0. The fraction of sp³-hybridized carbons (Fsp3) is 0.0667. The second-order valence-corrected chi connectivity index (χ2v) is 5.70. The number of rotatable bonds is 2. The van der Waals surface area contributed by atoms with Crippen LogP contribution >= 0.6 is 34.8 Å². The predicted molar refractivity (Wildman–Crippen MR) is 83.7 cm³/mol. The number of para-hydroxylation sites is 1. The molecule has 2 N–H and O–H groups in total. The van der Waals surface area contributed by atoms with E-state index < -0.39 is 6.04 Å². The van der Waals surface area contributed by atoms with Gasteiger partial charge in [-0.2, -0.15) is 0 Å². The Balaban J connectivity index is 2.08. The first kappa shape index (κ1) is 13.8. The molecule has 20 heavy (non-hydrogen) atoms. The zero-order valence-corrected chi connectivity index (χ0v) is 12.5. The van der Waals surface area contributed by atoms with Gasteiger partial charge in [0.25, 0.3) is 0 Å². The molecule has 0 spiro atoms. The van der Waals surface area contributed by atoms with Gasteiger partial charge in [0.2, 0.25) is 0 Å². The van der Waals surface area contributed by atoms with E-state index in [1.54, 1.807) is 24.3 Å². The van der Waals surface area contributed by atoms with Gasteiger partial charge in [0.15, 0.2) is 5.58 Å². The highest BCUT2D eigenvalue weighted by Crippen LogP contribution is 2.33. The first-order valence-electron chi connectivity index (χ1n) is 5.95. The Kier molecular flexibility index (Phi) is 3.65. The zero-order chi connectivity index (χ0) is 14.3. The Labute approximate surface area is 131 Å². The molecule has 1 aromatic heterocycles. The molecule has 5 heteroatoms. The number of hydrogen-bond donors (Lipinski definition) is 1. The second kappa shape index (κ2) is 5.30.